The van der Waals surface area contributed by atoms with E-state index in [0.717, 1.165) is 17.1 Å². The van der Waals surface area contributed by atoms with Crippen LogP contribution in [0, 0.1) is 0 Å². The predicted molar refractivity (Wildman–Crippen MR) is 134 cm³/mol. The maximum Gasteiger partial charge on any atom is 0.319 e. The van der Waals surface area contributed by atoms with Gasteiger partial charge in [0.1, 0.15) is 11.5 Å². The predicted octanol–water partition coefficient (Wildman–Crippen LogP) is 6.04. The van der Waals surface area contributed by atoms with Crippen LogP contribution >= 0.6 is 22.6 Å². The fraction of sp³-hybridized carbons (Fsp3) is 0.200. The van der Waals surface area contributed by atoms with Crippen molar-refractivity contribution >= 4 is 47.4 Å². The summed E-state index contributed by atoms with van der Waals surface area (Å²) in [6.45, 7) is 6.85. The molecule has 0 amide bonds. The topological polar surface area (TPSA) is 18.5 Å². The lowest BCUT2D eigenvalue weighted by atomic mass is 10.2. The van der Waals surface area contributed by atoms with Crippen LogP contribution in [0.15, 0.2) is 82.9 Å². The maximum atomic E-state index is 7.09. The summed E-state index contributed by atoms with van der Waals surface area (Å²) in [6, 6.07) is 27.5. The lowest BCUT2D eigenvalue weighted by molar-refractivity contribution is 0.411. The highest BCUT2D eigenvalue weighted by molar-refractivity contribution is 14.1. The van der Waals surface area contributed by atoms with E-state index in [9.17, 15) is 0 Å². The van der Waals surface area contributed by atoms with Gasteiger partial charge in [-0.05, 0) is 43.3 Å². The Morgan fingerprint density at radius 1 is 0.793 bits per heavy atom. The van der Waals surface area contributed by atoms with Gasteiger partial charge in [0, 0.05) is 6.07 Å². The van der Waals surface area contributed by atoms with E-state index < -0.39 is 8.32 Å². The van der Waals surface area contributed by atoms with Gasteiger partial charge < -0.3 is 9.16 Å². The van der Waals surface area contributed by atoms with Crippen LogP contribution < -0.4 is 19.5 Å². The fourth-order valence-electron chi connectivity index (χ4n) is 3.77. The molecule has 0 aliphatic heterocycles. The molecule has 0 aliphatic rings. The first-order valence-corrected chi connectivity index (χ1v) is 12.8. The molecule has 0 spiro atoms. The van der Waals surface area contributed by atoms with Crippen molar-refractivity contribution < 1.29 is 9.16 Å². The average Bonchev–Trinajstić information content (AvgIpc) is 2.72. The van der Waals surface area contributed by atoms with Gasteiger partial charge in [0.15, 0.2) is 0 Å². The second kappa shape index (κ2) is 9.18. The van der Waals surface area contributed by atoms with Gasteiger partial charge in [-0.15, -0.1) is 0 Å². The van der Waals surface area contributed by atoms with Gasteiger partial charge in [0.05, 0.1) is 7.11 Å². The number of rotatable bonds is 6. The summed E-state index contributed by atoms with van der Waals surface area (Å²) < 4.78 is 14.6. The lowest BCUT2D eigenvalue weighted by Gasteiger charge is -2.43. The Hall–Kier alpha value is -2.05. The average molecular weight is 514 g/mol. The van der Waals surface area contributed by atoms with E-state index in [1.165, 1.54) is 10.4 Å². The molecule has 0 bridgehead atoms. The highest BCUT2D eigenvalue weighted by Gasteiger charge is 2.52. The fourth-order valence-corrected chi connectivity index (χ4v) is 8.58. The van der Waals surface area contributed by atoms with Gasteiger partial charge in [-0.1, -0.05) is 104 Å². The summed E-state index contributed by atoms with van der Waals surface area (Å²) in [4.78, 5) is 0. The van der Waals surface area contributed by atoms with Gasteiger partial charge in [0.2, 0.25) is 0 Å². The standard InChI is InChI=1S/C25H27IO2Si/c1-25(2,3)29(23-11-7-5-8-12-23,24-13-9-6-10-14-24)28-22-18-20(15-16-26)17-21(19-22)27-4/h5-19H,1-4H3/b16-15+. The van der Waals surface area contributed by atoms with Crippen molar-refractivity contribution in [3.05, 3.63) is 88.5 Å². The van der Waals surface area contributed by atoms with Crippen LogP contribution in [0.3, 0.4) is 0 Å². The summed E-state index contributed by atoms with van der Waals surface area (Å²) in [5.41, 5.74) is 1.06. The van der Waals surface area contributed by atoms with Gasteiger partial charge >= 0.3 is 8.32 Å². The van der Waals surface area contributed by atoms with E-state index in [2.05, 4.69) is 116 Å². The van der Waals surface area contributed by atoms with Crippen LogP contribution in [0.1, 0.15) is 26.3 Å². The number of ether oxygens (including phenoxy) is 1. The highest BCUT2D eigenvalue weighted by atomic mass is 127. The Balaban J connectivity index is 2.26. The molecule has 4 heteroatoms. The molecule has 0 aliphatic carbocycles. The van der Waals surface area contributed by atoms with Gasteiger partial charge in [-0.3, -0.25) is 0 Å². The molecule has 0 fully saturated rings. The van der Waals surface area contributed by atoms with Gasteiger partial charge in [-0.25, -0.2) is 0 Å². The summed E-state index contributed by atoms with van der Waals surface area (Å²) in [5.74, 6) is 1.63. The van der Waals surface area contributed by atoms with Crippen molar-refractivity contribution in [2.24, 2.45) is 0 Å². The molecule has 0 aromatic heterocycles. The smallest absolute Gasteiger partial charge is 0.319 e. The molecule has 2 nitrogen and oxygen atoms in total. The van der Waals surface area contributed by atoms with Crippen LogP contribution in [0.5, 0.6) is 11.5 Å². The quantitative estimate of drug-likeness (QED) is 0.295. The van der Waals surface area contributed by atoms with E-state index in [1.54, 1.807) is 7.11 Å². The summed E-state index contributed by atoms with van der Waals surface area (Å²) in [7, 11) is -0.959. The van der Waals surface area contributed by atoms with Crippen molar-refractivity contribution in [1.82, 2.24) is 0 Å². The normalized spacial score (nSPS) is 12.2. The Kier molecular flexibility index (Phi) is 6.85. The Morgan fingerprint density at radius 3 is 1.76 bits per heavy atom. The molecule has 0 radical (unpaired) electrons. The van der Waals surface area contributed by atoms with Crippen molar-refractivity contribution in [2.75, 3.05) is 7.11 Å². The summed E-state index contributed by atoms with van der Waals surface area (Å²) in [6.07, 6.45) is 2.06. The summed E-state index contributed by atoms with van der Waals surface area (Å²) in [5, 5.41) is 2.43. The van der Waals surface area contributed by atoms with E-state index in [1.807, 2.05) is 16.2 Å². The van der Waals surface area contributed by atoms with Gasteiger partial charge in [0.25, 0.3) is 0 Å². The van der Waals surface area contributed by atoms with E-state index in [-0.39, 0.29) is 5.04 Å². The molecule has 0 unspecified atom stereocenters. The Bertz CT molecular complexity index is 924. The third kappa shape index (κ3) is 4.59. The molecule has 0 atom stereocenters. The van der Waals surface area contributed by atoms with Crippen LogP contribution in [0.4, 0.5) is 0 Å². The number of hydrogen-bond acceptors (Lipinski definition) is 2. The Labute approximate surface area is 188 Å². The lowest BCUT2D eigenvalue weighted by Crippen LogP contribution is -2.68. The first kappa shape index (κ1) is 21.7. The zero-order valence-electron chi connectivity index (χ0n) is 17.4. The monoisotopic (exact) mass is 514 g/mol. The van der Waals surface area contributed by atoms with Gasteiger partial charge in [-0.2, -0.15) is 0 Å². The highest BCUT2D eigenvalue weighted by Crippen LogP contribution is 2.38. The number of benzene rings is 3. The summed E-state index contributed by atoms with van der Waals surface area (Å²) >= 11 is 2.23. The molecule has 0 saturated heterocycles. The largest absolute Gasteiger partial charge is 0.534 e. The molecule has 0 N–H and O–H groups in total. The molecule has 0 saturated carbocycles. The van der Waals surface area contributed by atoms with Crippen LogP contribution in [0.2, 0.25) is 5.04 Å². The third-order valence-corrected chi connectivity index (χ3v) is 10.4. The number of hydrogen-bond donors (Lipinski definition) is 0. The first-order chi connectivity index (χ1) is 13.9. The molecule has 150 valence electrons. The molecule has 0 heterocycles. The molecule has 3 aromatic rings. The minimum Gasteiger partial charge on any atom is -0.534 e. The first-order valence-electron chi connectivity index (χ1n) is 9.66. The minimum atomic E-state index is -2.65. The molecule has 3 rings (SSSR count). The Morgan fingerprint density at radius 2 is 1.31 bits per heavy atom. The van der Waals surface area contributed by atoms with E-state index >= 15 is 0 Å². The zero-order chi connectivity index (χ0) is 20.9. The molecular weight excluding hydrogens is 487 g/mol. The maximum absolute atomic E-state index is 7.09. The van der Waals surface area contributed by atoms with Crippen LogP contribution in [-0.2, 0) is 0 Å². The minimum absolute atomic E-state index is 0.0853. The van der Waals surface area contributed by atoms with E-state index in [0.29, 0.717) is 0 Å². The van der Waals surface area contributed by atoms with Crippen molar-refractivity contribution in [3.63, 3.8) is 0 Å². The van der Waals surface area contributed by atoms with Crippen molar-refractivity contribution in [3.8, 4) is 11.5 Å². The van der Waals surface area contributed by atoms with Crippen molar-refractivity contribution in [1.29, 1.82) is 0 Å². The zero-order valence-corrected chi connectivity index (χ0v) is 20.5. The SMILES string of the molecule is COc1cc(/C=C/I)cc(O[Si](c2ccccc2)(c2ccccc2)C(C)(C)C)c1. The van der Waals surface area contributed by atoms with Crippen LogP contribution in [0.25, 0.3) is 6.08 Å². The second-order valence-electron chi connectivity index (χ2n) is 8.00. The number of halogens is 1. The molecular formula is C25H27IO2Si. The van der Waals surface area contributed by atoms with E-state index in [4.69, 9.17) is 9.16 Å². The number of methoxy groups -OCH3 is 1. The third-order valence-electron chi connectivity index (χ3n) is 5.08. The molecule has 3 aromatic carbocycles. The van der Waals surface area contributed by atoms with Crippen molar-refractivity contribution in [2.45, 2.75) is 25.8 Å². The molecule has 29 heavy (non-hydrogen) atoms. The second-order valence-corrected chi connectivity index (χ2v) is 12.9. The van der Waals surface area contributed by atoms with Crippen LogP contribution in [-0.4, -0.2) is 15.4 Å².